The summed E-state index contributed by atoms with van der Waals surface area (Å²) in [6, 6.07) is 6.43. The molecule has 1 aromatic rings. The van der Waals surface area contributed by atoms with Crippen molar-refractivity contribution in [2.45, 2.75) is 18.9 Å². The zero-order valence-electron chi connectivity index (χ0n) is 11.8. The van der Waals surface area contributed by atoms with Crippen LogP contribution in [0.5, 0.6) is 5.75 Å². The number of ether oxygens (including phenoxy) is 1. The Kier molecular flexibility index (Phi) is 4.53. The summed E-state index contributed by atoms with van der Waals surface area (Å²) in [5.74, 6) is -0.381. The molecule has 1 unspecified atom stereocenters. The van der Waals surface area contributed by atoms with Crippen molar-refractivity contribution in [1.82, 2.24) is 5.32 Å². The van der Waals surface area contributed by atoms with Crippen molar-refractivity contribution in [3.05, 3.63) is 29.8 Å². The Bertz CT molecular complexity index is 628. The van der Waals surface area contributed by atoms with Crippen molar-refractivity contribution in [2.75, 3.05) is 24.7 Å². The molecule has 1 aliphatic heterocycles. The van der Waals surface area contributed by atoms with Crippen LogP contribution in [0.15, 0.2) is 24.3 Å². The van der Waals surface area contributed by atoms with Gasteiger partial charge in [-0.2, -0.15) is 0 Å². The molecule has 2 rings (SSSR count). The van der Waals surface area contributed by atoms with Crippen LogP contribution in [0.4, 0.5) is 0 Å². The lowest BCUT2D eigenvalue weighted by molar-refractivity contribution is 0.0692. The maximum atomic E-state index is 11.5. The Hall–Kier alpha value is -1.60. The number of sulfone groups is 1. The first-order valence-corrected chi connectivity index (χ1v) is 8.54. The predicted octanol–water partition coefficient (Wildman–Crippen LogP) is 0.930. The normalized spacial score (nSPS) is 23.9. The van der Waals surface area contributed by atoms with Crippen LogP contribution in [-0.4, -0.2) is 49.7 Å². The van der Waals surface area contributed by atoms with E-state index in [2.05, 4.69) is 5.32 Å². The first-order valence-electron chi connectivity index (χ1n) is 6.72. The van der Waals surface area contributed by atoms with Crippen LogP contribution in [0.2, 0.25) is 0 Å². The Morgan fingerprint density at radius 3 is 2.76 bits per heavy atom. The van der Waals surface area contributed by atoms with Gasteiger partial charge in [-0.15, -0.1) is 0 Å². The molecule has 1 aliphatic rings. The molecule has 1 aromatic carbocycles. The number of aromatic carboxylic acids is 1. The van der Waals surface area contributed by atoms with Gasteiger partial charge in [0.2, 0.25) is 0 Å². The average Bonchev–Trinajstić information content (AvgIpc) is 2.69. The lowest BCUT2D eigenvalue weighted by Gasteiger charge is -2.24. The largest absolute Gasteiger partial charge is 0.491 e. The second-order valence-electron chi connectivity index (χ2n) is 5.48. The zero-order chi connectivity index (χ0) is 15.5. The quantitative estimate of drug-likeness (QED) is 0.759. The fourth-order valence-corrected chi connectivity index (χ4v) is 4.56. The number of para-hydroxylation sites is 1. The second-order valence-corrected chi connectivity index (χ2v) is 7.66. The van der Waals surface area contributed by atoms with E-state index < -0.39 is 21.3 Å². The third-order valence-electron chi connectivity index (χ3n) is 3.53. The van der Waals surface area contributed by atoms with Gasteiger partial charge in [0.25, 0.3) is 0 Å². The highest BCUT2D eigenvalue weighted by atomic mass is 32.2. The van der Waals surface area contributed by atoms with Gasteiger partial charge in [-0.3, -0.25) is 0 Å². The van der Waals surface area contributed by atoms with Crippen LogP contribution in [0.3, 0.4) is 0 Å². The van der Waals surface area contributed by atoms with Crippen LogP contribution < -0.4 is 10.1 Å². The number of rotatable bonds is 6. The van der Waals surface area contributed by atoms with Crippen LogP contribution in [0.25, 0.3) is 0 Å². The van der Waals surface area contributed by atoms with Gasteiger partial charge in [0, 0.05) is 12.1 Å². The lowest BCUT2D eigenvalue weighted by Crippen LogP contribution is -2.45. The standard InChI is InChI=1S/C14H19NO5S/c1-14(6-9-21(18,19)10-14)15-7-8-20-12-5-3-2-4-11(12)13(16)17/h2-5,15H,6-10H2,1H3,(H,16,17). The summed E-state index contributed by atoms with van der Waals surface area (Å²) in [6.45, 7) is 2.61. The summed E-state index contributed by atoms with van der Waals surface area (Å²) in [7, 11) is -2.94. The minimum Gasteiger partial charge on any atom is -0.491 e. The molecule has 1 fully saturated rings. The van der Waals surface area contributed by atoms with E-state index in [9.17, 15) is 13.2 Å². The number of benzene rings is 1. The van der Waals surface area contributed by atoms with E-state index in [1.54, 1.807) is 18.2 Å². The van der Waals surface area contributed by atoms with E-state index in [0.29, 0.717) is 18.7 Å². The lowest BCUT2D eigenvalue weighted by atomic mass is 10.0. The summed E-state index contributed by atoms with van der Waals surface area (Å²) in [4.78, 5) is 11.0. The number of hydrogen-bond acceptors (Lipinski definition) is 5. The first-order chi connectivity index (χ1) is 9.81. The monoisotopic (exact) mass is 313 g/mol. The molecule has 0 aliphatic carbocycles. The van der Waals surface area contributed by atoms with Crippen molar-refractivity contribution >= 4 is 15.8 Å². The molecule has 1 saturated heterocycles. The van der Waals surface area contributed by atoms with Gasteiger partial charge in [0.1, 0.15) is 17.9 Å². The molecule has 1 atom stereocenters. The van der Waals surface area contributed by atoms with Crippen molar-refractivity contribution < 1.29 is 23.1 Å². The molecule has 7 heteroatoms. The summed E-state index contributed by atoms with van der Waals surface area (Å²) in [5.41, 5.74) is -0.304. The van der Waals surface area contributed by atoms with Crippen molar-refractivity contribution in [3.8, 4) is 5.75 Å². The molecule has 2 N–H and O–H groups in total. The molecule has 1 heterocycles. The Morgan fingerprint density at radius 1 is 1.43 bits per heavy atom. The van der Waals surface area contributed by atoms with E-state index >= 15 is 0 Å². The van der Waals surface area contributed by atoms with Crippen LogP contribution >= 0.6 is 0 Å². The molecule has 0 bridgehead atoms. The fraction of sp³-hybridized carbons (Fsp3) is 0.500. The van der Waals surface area contributed by atoms with Gasteiger partial charge < -0.3 is 15.2 Å². The highest BCUT2D eigenvalue weighted by Crippen LogP contribution is 2.22. The Morgan fingerprint density at radius 2 is 2.14 bits per heavy atom. The third-order valence-corrected chi connectivity index (χ3v) is 5.44. The molecule has 0 radical (unpaired) electrons. The molecular weight excluding hydrogens is 294 g/mol. The minimum absolute atomic E-state index is 0.118. The van der Waals surface area contributed by atoms with Gasteiger partial charge in [-0.25, -0.2) is 13.2 Å². The third kappa shape index (κ3) is 4.18. The average molecular weight is 313 g/mol. The predicted molar refractivity (Wildman–Crippen MR) is 78.6 cm³/mol. The van der Waals surface area contributed by atoms with Gasteiger partial charge in [0.05, 0.1) is 11.5 Å². The number of hydrogen-bond donors (Lipinski definition) is 2. The van der Waals surface area contributed by atoms with Gasteiger partial charge >= 0.3 is 5.97 Å². The van der Waals surface area contributed by atoms with Gasteiger partial charge in [0.15, 0.2) is 9.84 Å². The van der Waals surface area contributed by atoms with Crippen molar-refractivity contribution in [1.29, 1.82) is 0 Å². The minimum atomic E-state index is -2.94. The SMILES string of the molecule is CC1(NCCOc2ccccc2C(=O)O)CCS(=O)(=O)C1. The van der Waals surface area contributed by atoms with E-state index in [1.165, 1.54) is 6.07 Å². The van der Waals surface area contributed by atoms with Gasteiger partial charge in [-0.1, -0.05) is 12.1 Å². The Labute approximate surface area is 124 Å². The maximum absolute atomic E-state index is 11.5. The molecule has 0 saturated carbocycles. The summed E-state index contributed by atoms with van der Waals surface area (Å²) in [6.07, 6.45) is 0.584. The molecular formula is C14H19NO5S. The molecule has 0 aromatic heterocycles. The highest BCUT2D eigenvalue weighted by molar-refractivity contribution is 7.91. The van der Waals surface area contributed by atoms with E-state index in [1.807, 2.05) is 6.92 Å². The van der Waals surface area contributed by atoms with Crippen LogP contribution in [-0.2, 0) is 9.84 Å². The van der Waals surface area contributed by atoms with Crippen molar-refractivity contribution in [2.24, 2.45) is 0 Å². The van der Waals surface area contributed by atoms with E-state index in [4.69, 9.17) is 9.84 Å². The molecule has 0 spiro atoms. The molecule has 6 nitrogen and oxygen atoms in total. The molecule has 21 heavy (non-hydrogen) atoms. The zero-order valence-corrected chi connectivity index (χ0v) is 12.6. The van der Waals surface area contributed by atoms with Crippen molar-refractivity contribution in [3.63, 3.8) is 0 Å². The number of carboxylic acids is 1. The maximum Gasteiger partial charge on any atom is 0.339 e. The highest BCUT2D eigenvalue weighted by Gasteiger charge is 2.37. The molecule has 0 amide bonds. The number of nitrogens with one attached hydrogen (secondary N) is 1. The Balaban J connectivity index is 1.85. The summed E-state index contributed by atoms with van der Waals surface area (Å²) < 4.78 is 28.4. The smallest absolute Gasteiger partial charge is 0.339 e. The van der Waals surface area contributed by atoms with Crippen LogP contribution in [0, 0.1) is 0 Å². The van der Waals surface area contributed by atoms with E-state index in [-0.39, 0.29) is 23.7 Å². The van der Waals surface area contributed by atoms with E-state index in [0.717, 1.165) is 0 Å². The number of carbonyl (C=O) groups is 1. The van der Waals surface area contributed by atoms with Crippen LogP contribution in [0.1, 0.15) is 23.7 Å². The topological polar surface area (TPSA) is 92.7 Å². The second kappa shape index (κ2) is 6.03. The fourth-order valence-electron chi connectivity index (χ4n) is 2.43. The van der Waals surface area contributed by atoms with Gasteiger partial charge in [-0.05, 0) is 25.5 Å². The first kappa shape index (κ1) is 15.8. The summed E-state index contributed by atoms with van der Waals surface area (Å²) in [5, 5.41) is 12.2. The molecule has 116 valence electrons. The number of carboxylic acid groups (broad SMARTS) is 1. The summed E-state index contributed by atoms with van der Waals surface area (Å²) >= 11 is 0.